The van der Waals surface area contributed by atoms with Gasteiger partial charge in [-0.2, -0.15) is 0 Å². The molecule has 1 N–H and O–H groups in total. The summed E-state index contributed by atoms with van der Waals surface area (Å²) >= 11 is 6.27. The number of hydrogen-bond donors (Lipinski definition) is 1. The van der Waals surface area contributed by atoms with E-state index in [1.807, 2.05) is 12.1 Å². The van der Waals surface area contributed by atoms with Crippen molar-refractivity contribution in [2.45, 2.75) is 19.4 Å². The van der Waals surface area contributed by atoms with E-state index in [0.717, 1.165) is 43.8 Å². The van der Waals surface area contributed by atoms with E-state index in [4.69, 9.17) is 21.1 Å². The van der Waals surface area contributed by atoms with Crippen LogP contribution in [-0.4, -0.2) is 44.2 Å². The maximum absolute atomic E-state index is 11.7. The lowest BCUT2D eigenvalue weighted by Crippen LogP contribution is -2.39. The van der Waals surface area contributed by atoms with Gasteiger partial charge < -0.3 is 14.8 Å². The zero-order chi connectivity index (χ0) is 15.5. The Morgan fingerprint density at radius 2 is 2.05 bits per heavy atom. The molecule has 2 aliphatic heterocycles. The average Bonchev–Trinajstić information content (AvgIpc) is 2.55. The van der Waals surface area contributed by atoms with Gasteiger partial charge in [-0.15, -0.1) is 0 Å². The number of halogens is 1. The first kappa shape index (κ1) is 15.4. The van der Waals surface area contributed by atoms with Gasteiger partial charge in [-0.1, -0.05) is 11.6 Å². The Bertz CT molecular complexity index is 557. The summed E-state index contributed by atoms with van der Waals surface area (Å²) in [6.07, 6.45) is 1.80. The van der Waals surface area contributed by atoms with E-state index >= 15 is 0 Å². The number of nitrogens with zero attached hydrogens (tertiary/aromatic N) is 1. The Labute approximate surface area is 135 Å². The molecule has 6 heteroatoms. The van der Waals surface area contributed by atoms with Crippen molar-refractivity contribution in [3.8, 4) is 11.5 Å². The molecule has 2 aliphatic rings. The maximum atomic E-state index is 11.7. The number of rotatable bonds is 3. The average molecular weight is 325 g/mol. The Balaban J connectivity index is 1.62. The van der Waals surface area contributed by atoms with E-state index in [2.05, 4.69) is 10.2 Å². The van der Waals surface area contributed by atoms with E-state index < -0.39 is 0 Å². The summed E-state index contributed by atoms with van der Waals surface area (Å²) in [6, 6.07) is 3.95. The fourth-order valence-electron chi connectivity index (χ4n) is 3.07. The number of piperidine rings is 1. The minimum atomic E-state index is 0.144. The van der Waals surface area contributed by atoms with Gasteiger partial charge in [0.25, 0.3) is 0 Å². The van der Waals surface area contributed by atoms with Crippen LogP contribution in [0.4, 0.5) is 0 Å². The molecule has 1 amide bonds. The highest BCUT2D eigenvalue weighted by atomic mass is 35.5. The number of carbonyl (C=O) groups is 1. The lowest BCUT2D eigenvalue weighted by molar-refractivity contribution is -0.125. The summed E-state index contributed by atoms with van der Waals surface area (Å²) < 4.78 is 11.2. The van der Waals surface area contributed by atoms with Crippen molar-refractivity contribution in [1.29, 1.82) is 0 Å². The second kappa shape index (κ2) is 6.75. The van der Waals surface area contributed by atoms with E-state index in [1.54, 1.807) is 7.05 Å². The van der Waals surface area contributed by atoms with Crippen LogP contribution in [-0.2, 0) is 11.3 Å². The second-order valence-electron chi connectivity index (χ2n) is 5.77. The number of likely N-dealkylation sites (tertiary alicyclic amines) is 1. The van der Waals surface area contributed by atoms with E-state index in [-0.39, 0.29) is 11.8 Å². The molecule has 1 saturated heterocycles. The fraction of sp³-hybridized carbons (Fsp3) is 0.562. The predicted molar refractivity (Wildman–Crippen MR) is 84.5 cm³/mol. The van der Waals surface area contributed by atoms with Crippen molar-refractivity contribution < 1.29 is 14.3 Å². The van der Waals surface area contributed by atoms with Gasteiger partial charge in [0.05, 0.1) is 5.02 Å². The quantitative estimate of drug-likeness (QED) is 0.925. The molecule has 0 saturated carbocycles. The molecule has 0 unspecified atom stereocenters. The molecule has 22 heavy (non-hydrogen) atoms. The molecule has 0 spiro atoms. The molecule has 120 valence electrons. The summed E-state index contributed by atoms with van der Waals surface area (Å²) in [5, 5.41) is 3.34. The van der Waals surface area contributed by atoms with Crippen molar-refractivity contribution in [2.75, 3.05) is 33.4 Å². The molecular weight excluding hydrogens is 304 g/mol. The number of benzene rings is 1. The standard InChI is InChI=1S/C16H21ClN2O3/c1-18-16(20)12-2-4-19(5-3-12)10-11-8-13(17)15-14(9-11)21-6-7-22-15/h8-9,12H,2-7,10H2,1H3,(H,18,20). The third kappa shape index (κ3) is 3.31. The van der Waals surface area contributed by atoms with Crippen LogP contribution in [0.15, 0.2) is 12.1 Å². The number of hydrogen-bond acceptors (Lipinski definition) is 4. The molecule has 1 aromatic carbocycles. The Hall–Kier alpha value is -1.46. The van der Waals surface area contributed by atoms with Crippen molar-refractivity contribution in [3.63, 3.8) is 0 Å². The van der Waals surface area contributed by atoms with Gasteiger partial charge in [-0.3, -0.25) is 9.69 Å². The van der Waals surface area contributed by atoms with Crippen LogP contribution < -0.4 is 14.8 Å². The predicted octanol–water partition coefficient (Wildman–Crippen LogP) is 2.07. The third-order valence-corrected chi connectivity index (χ3v) is 4.55. The van der Waals surface area contributed by atoms with Gasteiger partial charge in [0, 0.05) is 19.5 Å². The Kier molecular flexibility index (Phi) is 4.74. The first-order valence-electron chi connectivity index (χ1n) is 7.69. The summed E-state index contributed by atoms with van der Waals surface area (Å²) in [6.45, 7) is 3.76. The summed E-state index contributed by atoms with van der Waals surface area (Å²) in [4.78, 5) is 14.0. The molecule has 0 bridgehead atoms. The molecule has 2 heterocycles. The summed E-state index contributed by atoms with van der Waals surface area (Å²) in [5.41, 5.74) is 1.12. The molecule has 0 radical (unpaired) electrons. The van der Waals surface area contributed by atoms with E-state index in [0.29, 0.717) is 24.0 Å². The van der Waals surface area contributed by atoms with Crippen LogP contribution in [0.25, 0.3) is 0 Å². The largest absolute Gasteiger partial charge is 0.486 e. The van der Waals surface area contributed by atoms with Gasteiger partial charge >= 0.3 is 0 Å². The molecule has 5 nitrogen and oxygen atoms in total. The SMILES string of the molecule is CNC(=O)C1CCN(Cc2cc(Cl)c3c(c2)OCCO3)CC1. The number of amides is 1. The topological polar surface area (TPSA) is 50.8 Å². The smallest absolute Gasteiger partial charge is 0.222 e. The zero-order valence-corrected chi connectivity index (χ0v) is 13.5. The number of ether oxygens (including phenoxy) is 2. The van der Waals surface area contributed by atoms with E-state index in [9.17, 15) is 4.79 Å². The molecule has 1 fully saturated rings. The summed E-state index contributed by atoms with van der Waals surface area (Å²) in [7, 11) is 1.70. The molecule has 0 atom stereocenters. The van der Waals surface area contributed by atoms with Crippen molar-refractivity contribution >= 4 is 17.5 Å². The number of fused-ring (bicyclic) bond motifs is 1. The van der Waals surface area contributed by atoms with E-state index in [1.165, 1.54) is 0 Å². The normalized spacial score (nSPS) is 19.0. The van der Waals surface area contributed by atoms with Crippen molar-refractivity contribution in [3.05, 3.63) is 22.7 Å². The molecule has 0 aromatic heterocycles. The Morgan fingerprint density at radius 1 is 1.32 bits per heavy atom. The highest BCUT2D eigenvalue weighted by Crippen LogP contribution is 2.38. The Morgan fingerprint density at radius 3 is 2.77 bits per heavy atom. The van der Waals surface area contributed by atoms with Gasteiger partial charge in [0.1, 0.15) is 13.2 Å². The zero-order valence-electron chi connectivity index (χ0n) is 12.7. The number of carbonyl (C=O) groups excluding carboxylic acids is 1. The van der Waals surface area contributed by atoms with Crippen molar-refractivity contribution in [2.24, 2.45) is 5.92 Å². The van der Waals surface area contributed by atoms with Gasteiger partial charge in [0.15, 0.2) is 11.5 Å². The van der Waals surface area contributed by atoms with Gasteiger partial charge in [-0.05, 0) is 43.6 Å². The van der Waals surface area contributed by atoms with Crippen molar-refractivity contribution in [1.82, 2.24) is 10.2 Å². The van der Waals surface area contributed by atoms with Crippen LogP contribution in [0, 0.1) is 5.92 Å². The third-order valence-electron chi connectivity index (χ3n) is 4.27. The monoisotopic (exact) mass is 324 g/mol. The number of nitrogens with one attached hydrogen (secondary N) is 1. The fourth-order valence-corrected chi connectivity index (χ4v) is 3.36. The molecule has 1 aromatic rings. The van der Waals surface area contributed by atoms with Crippen LogP contribution in [0.2, 0.25) is 5.02 Å². The maximum Gasteiger partial charge on any atom is 0.222 e. The van der Waals surface area contributed by atoms with Crippen LogP contribution >= 0.6 is 11.6 Å². The van der Waals surface area contributed by atoms with Crippen LogP contribution in [0.3, 0.4) is 0 Å². The first-order valence-corrected chi connectivity index (χ1v) is 8.07. The summed E-state index contributed by atoms with van der Waals surface area (Å²) in [5.74, 6) is 1.68. The highest BCUT2D eigenvalue weighted by molar-refractivity contribution is 6.32. The minimum absolute atomic E-state index is 0.144. The van der Waals surface area contributed by atoms with Gasteiger partial charge in [-0.25, -0.2) is 0 Å². The second-order valence-corrected chi connectivity index (χ2v) is 6.17. The lowest BCUT2D eigenvalue weighted by atomic mass is 9.95. The highest BCUT2D eigenvalue weighted by Gasteiger charge is 2.25. The molecule has 3 rings (SSSR count). The van der Waals surface area contributed by atoms with Crippen LogP contribution in [0.1, 0.15) is 18.4 Å². The van der Waals surface area contributed by atoms with Crippen LogP contribution in [0.5, 0.6) is 11.5 Å². The lowest BCUT2D eigenvalue weighted by Gasteiger charge is -2.31. The molecule has 0 aliphatic carbocycles. The minimum Gasteiger partial charge on any atom is -0.486 e. The first-order chi connectivity index (χ1) is 10.7. The van der Waals surface area contributed by atoms with Gasteiger partial charge in [0.2, 0.25) is 5.91 Å². The molecular formula is C16H21ClN2O3.